The highest BCUT2D eigenvalue weighted by molar-refractivity contribution is 5.20. The van der Waals surface area contributed by atoms with Crippen LogP contribution in [0.25, 0.3) is 0 Å². The zero-order valence-corrected chi connectivity index (χ0v) is 13.0. The van der Waals surface area contributed by atoms with Gasteiger partial charge in [-0.3, -0.25) is 4.68 Å². The second-order valence-electron chi connectivity index (χ2n) is 4.95. The van der Waals surface area contributed by atoms with Crippen LogP contribution in [0.3, 0.4) is 0 Å². The Morgan fingerprint density at radius 3 is 2.57 bits per heavy atom. The molecule has 1 heterocycles. The van der Waals surface area contributed by atoms with Crippen molar-refractivity contribution in [1.82, 2.24) is 20.1 Å². The number of rotatable bonds is 8. The van der Waals surface area contributed by atoms with Gasteiger partial charge in [-0.2, -0.15) is 5.10 Å². The van der Waals surface area contributed by atoms with Crippen LogP contribution in [0, 0.1) is 0 Å². The molecule has 2 aromatic rings. The molecule has 0 bridgehead atoms. The summed E-state index contributed by atoms with van der Waals surface area (Å²) in [5.74, 6) is 0.960. The number of aromatic nitrogens is 3. The van der Waals surface area contributed by atoms with Crippen molar-refractivity contribution in [2.75, 3.05) is 13.2 Å². The molecule has 1 N–H and O–H groups in total. The fourth-order valence-corrected chi connectivity index (χ4v) is 2.52. The fraction of sp³-hybridized carbons (Fsp3) is 0.500. The molecule has 2 unspecified atom stereocenters. The zero-order chi connectivity index (χ0) is 15.1. The molecule has 0 fully saturated rings. The third kappa shape index (κ3) is 4.12. The van der Waals surface area contributed by atoms with E-state index >= 15 is 0 Å². The first-order valence-electron chi connectivity index (χ1n) is 7.49. The summed E-state index contributed by atoms with van der Waals surface area (Å²) in [5.41, 5.74) is 1.19. The number of ether oxygens (including phenoxy) is 1. The third-order valence-electron chi connectivity index (χ3n) is 3.51. The standard InChI is InChI=1S/C16H24N4O/c1-4-17-14(11-15-18-12-19-20(15)3)16(21-5-2)13-9-7-6-8-10-13/h6-10,12,14,16-17H,4-5,11H2,1-3H3. The first-order chi connectivity index (χ1) is 10.3. The molecule has 0 saturated carbocycles. The summed E-state index contributed by atoms with van der Waals surface area (Å²) in [6.45, 7) is 5.71. The molecule has 0 aliphatic heterocycles. The van der Waals surface area contributed by atoms with Crippen molar-refractivity contribution in [3.8, 4) is 0 Å². The molecule has 114 valence electrons. The van der Waals surface area contributed by atoms with Gasteiger partial charge in [0.25, 0.3) is 0 Å². The Kier molecular flexibility index (Phi) is 5.90. The van der Waals surface area contributed by atoms with Crippen molar-refractivity contribution in [2.45, 2.75) is 32.4 Å². The summed E-state index contributed by atoms with van der Waals surface area (Å²) in [5, 5.41) is 7.67. The van der Waals surface area contributed by atoms with Crippen LogP contribution in [0.15, 0.2) is 36.7 Å². The zero-order valence-electron chi connectivity index (χ0n) is 13.0. The van der Waals surface area contributed by atoms with Crippen LogP contribution >= 0.6 is 0 Å². The van der Waals surface area contributed by atoms with Crippen molar-refractivity contribution >= 4 is 0 Å². The van der Waals surface area contributed by atoms with Crippen LogP contribution in [0.4, 0.5) is 0 Å². The monoisotopic (exact) mass is 288 g/mol. The van der Waals surface area contributed by atoms with E-state index in [4.69, 9.17) is 4.74 Å². The van der Waals surface area contributed by atoms with Crippen LogP contribution in [-0.2, 0) is 18.2 Å². The predicted octanol–water partition coefficient (Wildman–Crippen LogP) is 2.11. The van der Waals surface area contributed by atoms with Gasteiger partial charge in [-0.05, 0) is 19.0 Å². The molecular formula is C16H24N4O. The second-order valence-corrected chi connectivity index (χ2v) is 4.95. The van der Waals surface area contributed by atoms with Crippen LogP contribution in [-0.4, -0.2) is 34.0 Å². The van der Waals surface area contributed by atoms with Crippen molar-refractivity contribution in [1.29, 1.82) is 0 Å². The molecule has 0 amide bonds. The summed E-state index contributed by atoms with van der Waals surface area (Å²) in [7, 11) is 1.92. The molecule has 0 spiro atoms. The molecule has 5 heteroatoms. The maximum absolute atomic E-state index is 6.01. The minimum absolute atomic E-state index is 0.00727. The quantitative estimate of drug-likeness (QED) is 0.808. The molecular weight excluding hydrogens is 264 g/mol. The van der Waals surface area contributed by atoms with Gasteiger partial charge in [-0.1, -0.05) is 37.3 Å². The predicted molar refractivity (Wildman–Crippen MR) is 83.0 cm³/mol. The lowest BCUT2D eigenvalue weighted by Gasteiger charge is -2.28. The number of aryl methyl sites for hydroxylation is 1. The Morgan fingerprint density at radius 1 is 1.24 bits per heavy atom. The van der Waals surface area contributed by atoms with Crippen molar-refractivity contribution < 1.29 is 4.74 Å². The Morgan fingerprint density at radius 2 is 2.00 bits per heavy atom. The summed E-state index contributed by atoms with van der Waals surface area (Å²) < 4.78 is 7.83. The molecule has 0 saturated heterocycles. The Balaban J connectivity index is 2.22. The number of nitrogens with one attached hydrogen (secondary N) is 1. The number of nitrogens with zero attached hydrogens (tertiary/aromatic N) is 3. The maximum atomic E-state index is 6.01. The molecule has 2 atom stereocenters. The van der Waals surface area contributed by atoms with Crippen molar-refractivity contribution in [3.05, 3.63) is 48.0 Å². The molecule has 0 aliphatic carbocycles. The highest BCUT2D eigenvalue weighted by Crippen LogP contribution is 2.23. The molecule has 1 aromatic heterocycles. The number of likely N-dealkylation sites (N-methyl/N-ethyl adjacent to an activating group) is 1. The van der Waals surface area contributed by atoms with Gasteiger partial charge in [0.1, 0.15) is 12.2 Å². The summed E-state index contributed by atoms with van der Waals surface area (Å²) in [6, 6.07) is 10.5. The average molecular weight is 288 g/mol. The van der Waals surface area contributed by atoms with Crippen LogP contribution in [0.2, 0.25) is 0 Å². The molecule has 0 aliphatic rings. The topological polar surface area (TPSA) is 52.0 Å². The number of benzene rings is 1. The Labute approximate surface area is 126 Å². The van der Waals surface area contributed by atoms with Gasteiger partial charge < -0.3 is 10.1 Å². The smallest absolute Gasteiger partial charge is 0.138 e. The lowest BCUT2D eigenvalue weighted by atomic mass is 9.99. The first kappa shape index (κ1) is 15.7. The second kappa shape index (κ2) is 7.90. The van der Waals surface area contributed by atoms with Gasteiger partial charge >= 0.3 is 0 Å². The Hall–Kier alpha value is -1.72. The van der Waals surface area contributed by atoms with E-state index in [0.717, 1.165) is 18.8 Å². The van der Waals surface area contributed by atoms with Crippen LogP contribution in [0.1, 0.15) is 31.3 Å². The number of hydrogen-bond acceptors (Lipinski definition) is 4. The van der Waals surface area contributed by atoms with Gasteiger partial charge in [-0.15, -0.1) is 0 Å². The Bertz CT molecular complexity index is 526. The average Bonchev–Trinajstić information content (AvgIpc) is 2.91. The lowest BCUT2D eigenvalue weighted by molar-refractivity contribution is 0.0329. The molecule has 1 aromatic carbocycles. The largest absolute Gasteiger partial charge is 0.372 e. The maximum Gasteiger partial charge on any atom is 0.138 e. The molecule has 2 rings (SSSR count). The van der Waals surface area contributed by atoms with E-state index in [2.05, 4.69) is 34.5 Å². The first-order valence-corrected chi connectivity index (χ1v) is 7.49. The molecule has 5 nitrogen and oxygen atoms in total. The van der Waals surface area contributed by atoms with Gasteiger partial charge in [0.2, 0.25) is 0 Å². The van der Waals surface area contributed by atoms with E-state index in [0.29, 0.717) is 6.61 Å². The highest BCUT2D eigenvalue weighted by atomic mass is 16.5. The van der Waals surface area contributed by atoms with Crippen LogP contribution < -0.4 is 5.32 Å². The fourth-order valence-electron chi connectivity index (χ4n) is 2.52. The van der Waals surface area contributed by atoms with Crippen molar-refractivity contribution in [3.63, 3.8) is 0 Å². The van der Waals surface area contributed by atoms with Crippen molar-refractivity contribution in [2.24, 2.45) is 7.05 Å². The van der Waals surface area contributed by atoms with Crippen LogP contribution in [0.5, 0.6) is 0 Å². The van der Waals surface area contributed by atoms with E-state index in [1.54, 1.807) is 6.33 Å². The third-order valence-corrected chi connectivity index (χ3v) is 3.51. The van der Waals surface area contributed by atoms with E-state index in [9.17, 15) is 0 Å². The van der Waals surface area contributed by atoms with E-state index < -0.39 is 0 Å². The van der Waals surface area contributed by atoms with E-state index in [1.165, 1.54) is 5.56 Å². The van der Waals surface area contributed by atoms with Gasteiger partial charge in [0.15, 0.2) is 0 Å². The van der Waals surface area contributed by atoms with E-state index in [1.807, 2.05) is 36.9 Å². The summed E-state index contributed by atoms with van der Waals surface area (Å²) >= 11 is 0. The lowest BCUT2D eigenvalue weighted by Crippen LogP contribution is -2.38. The highest BCUT2D eigenvalue weighted by Gasteiger charge is 2.24. The normalized spacial score (nSPS) is 14.0. The number of hydrogen-bond donors (Lipinski definition) is 1. The van der Waals surface area contributed by atoms with E-state index in [-0.39, 0.29) is 12.1 Å². The van der Waals surface area contributed by atoms with Gasteiger partial charge in [-0.25, -0.2) is 4.98 Å². The van der Waals surface area contributed by atoms with Gasteiger partial charge in [0, 0.05) is 26.1 Å². The van der Waals surface area contributed by atoms with Gasteiger partial charge in [0.05, 0.1) is 6.10 Å². The molecule has 21 heavy (non-hydrogen) atoms. The summed E-state index contributed by atoms with van der Waals surface area (Å²) in [4.78, 5) is 4.33. The summed E-state index contributed by atoms with van der Waals surface area (Å²) in [6.07, 6.45) is 2.38. The minimum atomic E-state index is 0.00727. The minimum Gasteiger partial charge on any atom is -0.372 e. The molecule has 0 radical (unpaired) electrons. The SMILES string of the molecule is CCNC(Cc1ncnn1C)C(OCC)c1ccccc1.